The molecule has 0 atom stereocenters. The standard InChI is InChI=1S/C25H28N4O3S/c1-32-20-12-10-19(11-13-20)14-26-24(31)15-29-25(21-16-33-17-22(21)28-29)27-23(30)9-5-8-18-6-3-2-4-7-18/h2-4,6-7,10-13H,5,8-9,14-17H2,1H3,(H,26,31)(H,27,30). The highest BCUT2D eigenvalue weighted by Gasteiger charge is 2.24. The van der Waals surface area contributed by atoms with Crippen LogP contribution in [0, 0.1) is 0 Å². The van der Waals surface area contributed by atoms with Crippen LogP contribution in [0.3, 0.4) is 0 Å². The summed E-state index contributed by atoms with van der Waals surface area (Å²) in [6.07, 6.45) is 2.05. The van der Waals surface area contributed by atoms with Crippen LogP contribution in [-0.2, 0) is 40.6 Å². The third-order valence-corrected chi connectivity index (χ3v) is 6.50. The van der Waals surface area contributed by atoms with Crippen molar-refractivity contribution in [2.24, 2.45) is 0 Å². The van der Waals surface area contributed by atoms with E-state index >= 15 is 0 Å². The summed E-state index contributed by atoms with van der Waals surface area (Å²) in [6, 6.07) is 17.7. The summed E-state index contributed by atoms with van der Waals surface area (Å²) < 4.78 is 6.79. The van der Waals surface area contributed by atoms with E-state index < -0.39 is 0 Å². The molecule has 0 bridgehead atoms. The first-order valence-electron chi connectivity index (χ1n) is 11.0. The van der Waals surface area contributed by atoms with E-state index in [-0.39, 0.29) is 18.4 Å². The minimum atomic E-state index is -0.153. The van der Waals surface area contributed by atoms with Gasteiger partial charge in [0.15, 0.2) is 0 Å². The fourth-order valence-corrected chi connectivity index (χ4v) is 4.78. The Labute approximate surface area is 197 Å². The zero-order valence-electron chi connectivity index (χ0n) is 18.7. The lowest BCUT2D eigenvalue weighted by atomic mass is 10.1. The lowest BCUT2D eigenvalue weighted by Gasteiger charge is -2.12. The number of nitrogens with zero attached hydrogens (tertiary/aromatic N) is 2. The van der Waals surface area contributed by atoms with Crippen LogP contribution < -0.4 is 15.4 Å². The topological polar surface area (TPSA) is 85.2 Å². The summed E-state index contributed by atoms with van der Waals surface area (Å²) in [5.41, 5.74) is 4.18. The number of nitrogens with one attached hydrogen (secondary N) is 2. The molecule has 172 valence electrons. The number of methoxy groups -OCH3 is 1. The van der Waals surface area contributed by atoms with Gasteiger partial charge in [-0.2, -0.15) is 16.9 Å². The number of hydrogen-bond donors (Lipinski definition) is 2. The molecule has 4 rings (SSSR count). The number of rotatable bonds is 10. The van der Waals surface area contributed by atoms with Crippen molar-refractivity contribution < 1.29 is 14.3 Å². The smallest absolute Gasteiger partial charge is 0.242 e. The average molecular weight is 465 g/mol. The van der Waals surface area contributed by atoms with Gasteiger partial charge in [0.25, 0.3) is 0 Å². The molecule has 3 aromatic rings. The van der Waals surface area contributed by atoms with Gasteiger partial charge in [-0.15, -0.1) is 0 Å². The molecular weight excluding hydrogens is 436 g/mol. The molecular formula is C25H28N4O3S. The number of fused-ring (bicyclic) bond motifs is 1. The molecule has 0 spiro atoms. The number of ether oxygens (including phenoxy) is 1. The van der Waals surface area contributed by atoms with Crippen LogP contribution in [0.25, 0.3) is 0 Å². The molecule has 0 unspecified atom stereocenters. The van der Waals surface area contributed by atoms with Gasteiger partial charge in [0.2, 0.25) is 11.8 Å². The van der Waals surface area contributed by atoms with Gasteiger partial charge < -0.3 is 15.4 Å². The largest absolute Gasteiger partial charge is 0.497 e. The van der Waals surface area contributed by atoms with Gasteiger partial charge in [-0.3, -0.25) is 9.59 Å². The van der Waals surface area contributed by atoms with Crippen molar-refractivity contribution in [3.8, 4) is 5.75 Å². The second kappa shape index (κ2) is 11.0. The normalized spacial score (nSPS) is 12.3. The minimum Gasteiger partial charge on any atom is -0.497 e. The van der Waals surface area contributed by atoms with Crippen molar-refractivity contribution in [2.75, 3.05) is 12.4 Å². The summed E-state index contributed by atoms with van der Waals surface area (Å²) in [7, 11) is 1.62. The van der Waals surface area contributed by atoms with E-state index in [1.54, 1.807) is 23.6 Å². The average Bonchev–Trinajstić information content (AvgIpc) is 3.41. The van der Waals surface area contributed by atoms with Gasteiger partial charge >= 0.3 is 0 Å². The number of hydrogen-bond acceptors (Lipinski definition) is 5. The van der Waals surface area contributed by atoms with Crippen molar-refractivity contribution >= 4 is 29.4 Å². The molecule has 2 amide bonds. The van der Waals surface area contributed by atoms with E-state index in [2.05, 4.69) is 27.9 Å². The van der Waals surface area contributed by atoms with Crippen molar-refractivity contribution in [1.82, 2.24) is 15.1 Å². The van der Waals surface area contributed by atoms with Crippen molar-refractivity contribution in [1.29, 1.82) is 0 Å². The molecule has 0 fully saturated rings. The van der Waals surface area contributed by atoms with Crippen molar-refractivity contribution in [3.63, 3.8) is 0 Å². The van der Waals surface area contributed by atoms with Crippen LogP contribution in [0.15, 0.2) is 54.6 Å². The van der Waals surface area contributed by atoms with E-state index in [0.717, 1.165) is 46.9 Å². The summed E-state index contributed by atoms with van der Waals surface area (Å²) in [5.74, 6) is 2.82. The lowest BCUT2D eigenvalue weighted by molar-refractivity contribution is -0.122. The maximum atomic E-state index is 12.6. The lowest BCUT2D eigenvalue weighted by Crippen LogP contribution is -2.28. The molecule has 7 nitrogen and oxygen atoms in total. The van der Waals surface area contributed by atoms with Crippen LogP contribution >= 0.6 is 11.8 Å². The Morgan fingerprint density at radius 2 is 1.82 bits per heavy atom. The number of carbonyl (C=O) groups excluding carboxylic acids is 2. The summed E-state index contributed by atoms with van der Waals surface area (Å²) in [6.45, 7) is 0.480. The Bertz CT molecular complexity index is 1100. The Balaban J connectivity index is 1.33. The number of aryl methyl sites for hydroxylation is 1. The molecule has 0 radical (unpaired) electrons. The van der Waals surface area contributed by atoms with Crippen LogP contribution in [0.2, 0.25) is 0 Å². The molecule has 1 aliphatic rings. The maximum Gasteiger partial charge on any atom is 0.242 e. The second-order valence-electron chi connectivity index (χ2n) is 7.94. The summed E-state index contributed by atoms with van der Waals surface area (Å²) in [4.78, 5) is 25.2. The molecule has 2 aromatic carbocycles. The third kappa shape index (κ3) is 6.16. The molecule has 33 heavy (non-hydrogen) atoms. The van der Waals surface area contributed by atoms with E-state index in [1.165, 1.54) is 5.56 Å². The summed E-state index contributed by atoms with van der Waals surface area (Å²) in [5, 5.41) is 10.5. The SMILES string of the molecule is COc1ccc(CNC(=O)Cn2nc3c(c2NC(=O)CCCc2ccccc2)CSC3)cc1. The number of anilines is 1. The first kappa shape index (κ1) is 22.9. The fourth-order valence-electron chi connectivity index (χ4n) is 3.75. The number of amides is 2. The predicted molar refractivity (Wildman–Crippen MR) is 130 cm³/mol. The Morgan fingerprint density at radius 3 is 2.58 bits per heavy atom. The summed E-state index contributed by atoms with van der Waals surface area (Å²) >= 11 is 1.77. The highest BCUT2D eigenvalue weighted by Crippen LogP contribution is 2.34. The zero-order chi connectivity index (χ0) is 23.0. The Kier molecular flexibility index (Phi) is 7.67. The maximum absolute atomic E-state index is 12.6. The first-order chi connectivity index (χ1) is 16.1. The quantitative estimate of drug-likeness (QED) is 0.475. The number of benzene rings is 2. The molecule has 2 heterocycles. The highest BCUT2D eigenvalue weighted by atomic mass is 32.2. The zero-order valence-corrected chi connectivity index (χ0v) is 19.5. The van der Waals surface area contributed by atoms with Gasteiger partial charge in [0.1, 0.15) is 18.1 Å². The van der Waals surface area contributed by atoms with Crippen LogP contribution in [0.5, 0.6) is 5.75 Å². The Morgan fingerprint density at radius 1 is 1.03 bits per heavy atom. The number of thioether (sulfide) groups is 1. The number of aromatic nitrogens is 2. The van der Waals surface area contributed by atoms with E-state index in [1.807, 2.05) is 42.5 Å². The fraction of sp³-hybridized carbons (Fsp3) is 0.320. The minimum absolute atomic E-state index is 0.0505. The predicted octanol–water partition coefficient (Wildman–Crippen LogP) is 3.92. The van der Waals surface area contributed by atoms with Crippen LogP contribution in [0.1, 0.15) is 35.2 Å². The molecule has 0 saturated heterocycles. The monoisotopic (exact) mass is 464 g/mol. The number of carbonyl (C=O) groups is 2. The van der Waals surface area contributed by atoms with Crippen molar-refractivity contribution in [2.45, 2.75) is 43.9 Å². The van der Waals surface area contributed by atoms with Crippen LogP contribution in [0.4, 0.5) is 5.82 Å². The Hall–Kier alpha value is -3.26. The second-order valence-corrected chi connectivity index (χ2v) is 8.92. The molecule has 8 heteroatoms. The van der Waals surface area contributed by atoms with Crippen LogP contribution in [-0.4, -0.2) is 28.7 Å². The first-order valence-corrected chi connectivity index (χ1v) is 12.2. The molecule has 1 aliphatic heterocycles. The van der Waals surface area contributed by atoms with E-state index in [9.17, 15) is 9.59 Å². The van der Waals surface area contributed by atoms with Crippen molar-refractivity contribution in [3.05, 3.63) is 77.0 Å². The highest BCUT2D eigenvalue weighted by molar-refractivity contribution is 7.98. The molecule has 2 N–H and O–H groups in total. The van der Waals surface area contributed by atoms with Gasteiger partial charge in [-0.25, -0.2) is 4.68 Å². The molecule has 1 aromatic heterocycles. The van der Waals surface area contributed by atoms with E-state index in [0.29, 0.717) is 18.8 Å². The van der Waals surface area contributed by atoms with Gasteiger partial charge in [-0.05, 0) is 36.1 Å². The van der Waals surface area contributed by atoms with E-state index in [4.69, 9.17) is 4.74 Å². The molecule has 0 saturated carbocycles. The molecule has 0 aliphatic carbocycles. The van der Waals surface area contributed by atoms with Gasteiger partial charge in [0.05, 0.1) is 12.8 Å². The third-order valence-electron chi connectivity index (χ3n) is 5.53. The van der Waals surface area contributed by atoms with Gasteiger partial charge in [-0.1, -0.05) is 42.5 Å². The van der Waals surface area contributed by atoms with Gasteiger partial charge in [0, 0.05) is 30.0 Å².